The highest BCUT2D eigenvalue weighted by Crippen LogP contribution is 2.11. The normalized spacial score (nSPS) is 13.1. The van der Waals surface area contributed by atoms with Gasteiger partial charge in [-0.3, -0.25) is 4.79 Å². The second-order valence-corrected chi connectivity index (χ2v) is 4.49. The number of amides is 1. The largest absolute Gasteiger partial charge is 0.355 e. The number of nitrogens with zero attached hydrogens (tertiary/aromatic N) is 1. The molecular formula is C11H20N2O. The van der Waals surface area contributed by atoms with Gasteiger partial charge in [-0.1, -0.05) is 20.3 Å². The van der Waals surface area contributed by atoms with Crippen LogP contribution in [0.2, 0.25) is 0 Å². The monoisotopic (exact) mass is 196 g/mol. The van der Waals surface area contributed by atoms with E-state index in [0.29, 0.717) is 18.9 Å². The van der Waals surface area contributed by atoms with Gasteiger partial charge >= 0.3 is 0 Å². The van der Waals surface area contributed by atoms with Crippen LogP contribution in [0.25, 0.3) is 0 Å². The predicted octanol–water partition coefficient (Wildman–Crippen LogP) is 2.09. The van der Waals surface area contributed by atoms with Crippen LogP contribution in [0.5, 0.6) is 0 Å². The lowest BCUT2D eigenvalue weighted by Crippen LogP contribution is -2.33. The molecule has 80 valence electrons. The Kier molecular flexibility index (Phi) is 5.22. The molecule has 0 aromatic heterocycles. The molecule has 1 N–H and O–H groups in total. The van der Waals surface area contributed by atoms with Crippen molar-refractivity contribution in [3.8, 4) is 6.07 Å². The molecule has 0 aliphatic heterocycles. The van der Waals surface area contributed by atoms with E-state index in [2.05, 4.69) is 25.2 Å². The predicted molar refractivity (Wildman–Crippen MR) is 56.5 cm³/mol. The van der Waals surface area contributed by atoms with E-state index >= 15 is 0 Å². The molecule has 3 nitrogen and oxygen atoms in total. The molecule has 0 aromatic rings. The first-order chi connectivity index (χ1) is 6.41. The Morgan fingerprint density at radius 2 is 2.14 bits per heavy atom. The zero-order valence-electron chi connectivity index (χ0n) is 9.55. The van der Waals surface area contributed by atoms with Crippen molar-refractivity contribution in [2.45, 2.75) is 40.5 Å². The van der Waals surface area contributed by atoms with E-state index in [9.17, 15) is 4.79 Å². The van der Waals surface area contributed by atoms with E-state index in [-0.39, 0.29) is 5.91 Å². The molecule has 3 heteroatoms. The summed E-state index contributed by atoms with van der Waals surface area (Å²) >= 11 is 0. The van der Waals surface area contributed by atoms with Gasteiger partial charge in [-0.25, -0.2) is 0 Å². The first-order valence-electron chi connectivity index (χ1n) is 5.09. The van der Waals surface area contributed by atoms with Gasteiger partial charge in [-0.2, -0.15) is 5.26 Å². The summed E-state index contributed by atoms with van der Waals surface area (Å²) in [6.07, 6.45) is 1.56. The molecule has 0 bridgehead atoms. The fourth-order valence-corrected chi connectivity index (χ4v) is 0.892. The van der Waals surface area contributed by atoms with Crippen LogP contribution < -0.4 is 5.32 Å². The summed E-state index contributed by atoms with van der Waals surface area (Å²) in [6, 6.07) is 2.15. The third kappa shape index (κ3) is 5.58. The standard InChI is InChI=1S/C11H20N2O/c1-5-9(2)6-10(14)13-8-11(3,4)7-12/h9H,5-6,8H2,1-4H3,(H,13,14). The Morgan fingerprint density at radius 3 is 2.57 bits per heavy atom. The molecule has 14 heavy (non-hydrogen) atoms. The zero-order valence-corrected chi connectivity index (χ0v) is 9.55. The molecule has 0 saturated carbocycles. The quantitative estimate of drug-likeness (QED) is 0.732. The molecule has 1 atom stereocenters. The Labute approximate surface area is 86.5 Å². The minimum Gasteiger partial charge on any atom is -0.355 e. The number of carbonyl (C=O) groups excluding carboxylic acids is 1. The number of hydrogen-bond donors (Lipinski definition) is 1. The maximum Gasteiger partial charge on any atom is 0.220 e. The first kappa shape index (κ1) is 13.0. The van der Waals surface area contributed by atoms with E-state index in [0.717, 1.165) is 6.42 Å². The van der Waals surface area contributed by atoms with E-state index in [1.807, 2.05) is 13.8 Å². The minimum atomic E-state index is -0.467. The summed E-state index contributed by atoms with van der Waals surface area (Å²) < 4.78 is 0. The molecule has 0 heterocycles. The Bertz CT molecular complexity index is 228. The molecular weight excluding hydrogens is 176 g/mol. The highest BCUT2D eigenvalue weighted by Gasteiger charge is 2.17. The Hall–Kier alpha value is -1.04. The van der Waals surface area contributed by atoms with Crippen LogP contribution >= 0.6 is 0 Å². The fourth-order valence-electron chi connectivity index (χ4n) is 0.892. The fraction of sp³-hybridized carbons (Fsp3) is 0.818. The molecule has 0 aromatic carbocycles. The topological polar surface area (TPSA) is 52.9 Å². The van der Waals surface area contributed by atoms with Crippen molar-refractivity contribution >= 4 is 5.91 Å². The molecule has 0 saturated heterocycles. The van der Waals surface area contributed by atoms with Crippen LogP contribution in [0.4, 0.5) is 0 Å². The van der Waals surface area contributed by atoms with E-state index in [4.69, 9.17) is 5.26 Å². The Balaban J connectivity index is 3.82. The number of carbonyl (C=O) groups is 1. The van der Waals surface area contributed by atoms with Gasteiger partial charge in [0.05, 0.1) is 11.5 Å². The third-order valence-electron chi connectivity index (χ3n) is 2.26. The van der Waals surface area contributed by atoms with Crippen LogP contribution in [0.3, 0.4) is 0 Å². The van der Waals surface area contributed by atoms with E-state index in [1.165, 1.54) is 0 Å². The molecule has 1 unspecified atom stereocenters. The van der Waals surface area contributed by atoms with Crippen LogP contribution in [0.1, 0.15) is 40.5 Å². The number of hydrogen-bond acceptors (Lipinski definition) is 2. The number of nitrogens with one attached hydrogen (secondary N) is 1. The van der Waals surface area contributed by atoms with Crippen molar-refractivity contribution in [3.63, 3.8) is 0 Å². The van der Waals surface area contributed by atoms with E-state index < -0.39 is 5.41 Å². The van der Waals surface area contributed by atoms with Gasteiger partial charge in [-0.05, 0) is 19.8 Å². The maximum absolute atomic E-state index is 11.4. The molecule has 0 spiro atoms. The van der Waals surface area contributed by atoms with Gasteiger partial charge in [0.1, 0.15) is 0 Å². The van der Waals surface area contributed by atoms with Crippen LogP contribution in [0, 0.1) is 22.7 Å². The minimum absolute atomic E-state index is 0.0441. The smallest absolute Gasteiger partial charge is 0.220 e. The van der Waals surface area contributed by atoms with Crippen molar-refractivity contribution in [3.05, 3.63) is 0 Å². The average Bonchev–Trinajstić information content (AvgIpc) is 2.15. The van der Waals surface area contributed by atoms with Crippen molar-refractivity contribution < 1.29 is 4.79 Å². The number of nitriles is 1. The molecule has 0 aliphatic rings. The molecule has 1 amide bonds. The van der Waals surface area contributed by atoms with Crippen LogP contribution in [-0.2, 0) is 4.79 Å². The third-order valence-corrected chi connectivity index (χ3v) is 2.26. The summed E-state index contributed by atoms with van der Waals surface area (Å²) in [5.74, 6) is 0.461. The second kappa shape index (κ2) is 5.64. The summed E-state index contributed by atoms with van der Waals surface area (Å²) in [7, 11) is 0. The lowest BCUT2D eigenvalue weighted by Gasteiger charge is -2.16. The molecule has 0 radical (unpaired) electrons. The van der Waals surface area contributed by atoms with Crippen molar-refractivity contribution in [2.75, 3.05) is 6.54 Å². The summed E-state index contributed by atoms with van der Waals surface area (Å²) in [5.41, 5.74) is -0.467. The molecule has 0 aliphatic carbocycles. The lowest BCUT2D eigenvalue weighted by atomic mass is 9.95. The van der Waals surface area contributed by atoms with Crippen LogP contribution in [0.15, 0.2) is 0 Å². The number of rotatable bonds is 5. The van der Waals surface area contributed by atoms with Gasteiger partial charge in [0.15, 0.2) is 0 Å². The average molecular weight is 196 g/mol. The highest BCUT2D eigenvalue weighted by molar-refractivity contribution is 5.76. The SMILES string of the molecule is CCC(C)CC(=O)NCC(C)(C)C#N. The van der Waals surface area contributed by atoms with Crippen molar-refractivity contribution in [2.24, 2.45) is 11.3 Å². The van der Waals surface area contributed by atoms with Gasteiger partial charge in [0.25, 0.3) is 0 Å². The van der Waals surface area contributed by atoms with Crippen LogP contribution in [-0.4, -0.2) is 12.5 Å². The highest BCUT2D eigenvalue weighted by atomic mass is 16.1. The van der Waals surface area contributed by atoms with E-state index in [1.54, 1.807) is 0 Å². The first-order valence-corrected chi connectivity index (χ1v) is 5.09. The lowest BCUT2D eigenvalue weighted by molar-refractivity contribution is -0.122. The van der Waals surface area contributed by atoms with Gasteiger partial charge < -0.3 is 5.32 Å². The molecule has 0 fully saturated rings. The molecule has 0 rings (SSSR count). The Morgan fingerprint density at radius 1 is 1.57 bits per heavy atom. The van der Waals surface area contributed by atoms with Crippen molar-refractivity contribution in [1.82, 2.24) is 5.32 Å². The van der Waals surface area contributed by atoms with Crippen molar-refractivity contribution in [1.29, 1.82) is 5.26 Å². The summed E-state index contributed by atoms with van der Waals surface area (Å²) in [4.78, 5) is 11.4. The zero-order chi connectivity index (χ0) is 11.2. The van der Waals surface area contributed by atoms with Gasteiger partial charge in [-0.15, -0.1) is 0 Å². The maximum atomic E-state index is 11.4. The second-order valence-electron chi connectivity index (χ2n) is 4.49. The summed E-state index contributed by atoms with van der Waals surface area (Å²) in [5, 5.41) is 11.5. The summed E-state index contributed by atoms with van der Waals surface area (Å²) in [6.45, 7) is 8.18. The van der Waals surface area contributed by atoms with Gasteiger partial charge in [0.2, 0.25) is 5.91 Å². The van der Waals surface area contributed by atoms with Gasteiger partial charge in [0, 0.05) is 13.0 Å².